The SMILES string of the molecule is Cc1cc(OC(=S)N(C)C)c(C(C)(C)C)cc1CO. The summed E-state index contributed by atoms with van der Waals surface area (Å²) in [5.41, 5.74) is 2.90. The first-order chi connectivity index (χ1) is 8.66. The Balaban J connectivity index is 3.29. The third kappa shape index (κ3) is 3.91. The van der Waals surface area contributed by atoms with Gasteiger partial charge in [-0.3, -0.25) is 0 Å². The first-order valence-corrected chi connectivity index (χ1v) is 6.71. The molecule has 0 spiro atoms. The van der Waals surface area contributed by atoms with Crippen LogP contribution in [0.4, 0.5) is 0 Å². The molecule has 4 heteroatoms. The summed E-state index contributed by atoms with van der Waals surface area (Å²) in [6, 6.07) is 3.95. The number of ether oxygens (including phenoxy) is 1. The molecule has 0 aliphatic heterocycles. The Morgan fingerprint density at radius 2 is 1.89 bits per heavy atom. The van der Waals surface area contributed by atoms with Crippen LogP contribution in [-0.2, 0) is 12.0 Å². The van der Waals surface area contributed by atoms with Crippen LogP contribution in [0.25, 0.3) is 0 Å². The van der Waals surface area contributed by atoms with Gasteiger partial charge in [-0.15, -0.1) is 0 Å². The van der Waals surface area contributed by atoms with E-state index in [-0.39, 0.29) is 12.0 Å². The zero-order chi connectivity index (χ0) is 14.8. The van der Waals surface area contributed by atoms with E-state index < -0.39 is 0 Å². The van der Waals surface area contributed by atoms with Crippen LogP contribution in [0.2, 0.25) is 0 Å². The topological polar surface area (TPSA) is 32.7 Å². The van der Waals surface area contributed by atoms with Gasteiger partial charge in [-0.05, 0) is 47.8 Å². The third-order valence-corrected chi connectivity index (χ3v) is 3.43. The van der Waals surface area contributed by atoms with E-state index in [2.05, 4.69) is 20.8 Å². The average Bonchev–Trinajstić information content (AvgIpc) is 2.27. The van der Waals surface area contributed by atoms with E-state index in [1.807, 2.05) is 33.2 Å². The van der Waals surface area contributed by atoms with Gasteiger partial charge in [0.05, 0.1) is 6.61 Å². The van der Waals surface area contributed by atoms with Crippen molar-refractivity contribution in [1.82, 2.24) is 4.90 Å². The van der Waals surface area contributed by atoms with Crippen LogP contribution < -0.4 is 4.74 Å². The molecular weight excluding hydrogens is 258 g/mol. The highest BCUT2D eigenvalue weighted by Crippen LogP contribution is 2.34. The number of rotatable bonds is 2. The summed E-state index contributed by atoms with van der Waals surface area (Å²) in [6.45, 7) is 8.34. The van der Waals surface area contributed by atoms with Gasteiger partial charge in [0.25, 0.3) is 5.17 Å². The van der Waals surface area contributed by atoms with E-state index in [9.17, 15) is 5.11 Å². The predicted octanol–water partition coefficient (Wildman–Crippen LogP) is 3.01. The molecule has 0 heterocycles. The summed E-state index contributed by atoms with van der Waals surface area (Å²) in [7, 11) is 3.71. The van der Waals surface area contributed by atoms with Crippen LogP contribution in [0.5, 0.6) is 5.75 Å². The minimum atomic E-state index is -0.0745. The smallest absolute Gasteiger partial charge is 0.264 e. The Morgan fingerprint density at radius 1 is 1.32 bits per heavy atom. The molecule has 1 N–H and O–H groups in total. The molecule has 0 amide bonds. The lowest BCUT2D eigenvalue weighted by molar-refractivity contribution is 0.280. The van der Waals surface area contributed by atoms with Gasteiger partial charge in [0.2, 0.25) is 0 Å². The number of benzene rings is 1. The number of aliphatic hydroxyl groups is 1. The van der Waals surface area contributed by atoms with Gasteiger partial charge < -0.3 is 14.7 Å². The Hall–Kier alpha value is -1.13. The van der Waals surface area contributed by atoms with Gasteiger partial charge in [-0.25, -0.2) is 0 Å². The zero-order valence-corrected chi connectivity index (χ0v) is 13.4. The fourth-order valence-corrected chi connectivity index (χ4v) is 1.84. The van der Waals surface area contributed by atoms with E-state index in [1.54, 1.807) is 4.90 Å². The minimum absolute atomic E-state index is 0.0350. The van der Waals surface area contributed by atoms with Gasteiger partial charge >= 0.3 is 0 Å². The molecule has 0 aliphatic rings. The molecule has 0 fully saturated rings. The van der Waals surface area contributed by atoms with E-state index in [4.69, 9.17) is 17.0 Å². The molecule has 19 heavy (non-hydrogen) atoms. The zero-order valence-electron chi connectivity index (χ0n) is 12.6. The Labute approximate surface area is 121 Å². The molecule has 1 aromatic rings. The van der Waals surface area contributed by atoms with Crippen molar-refractivity contribution in [3.8, 4) is 5.75 Å². The standard InChI is InChI=1S/C15H23NO2S/c1-10-7-13(18-14(19)16(5)6)12(15(2,3)4)8-11(10)9-17/h7-8,17H,9H2,1-6H3. The van der Waals surface area contributed by atoms with Gasteiger partial charge in [-0.1, -0.05) is 20.8 Å². The highest BCUT2D eigenvalue weighted by atomic mass is 32.1. The molecule has 1 aromatic carbocycles. The summed E-state index contributed by atoms with van der Waals surface area (Å²) in [4.78, 5) is 1.76. The highest BCUT2D eigenvalue weighted by Gasteiger charge is 2.21. The molecule has 0 unspecified atom stereocenters. The molecule has 3 nitrogen and oxygen atoms in total. The Kier molecular flexibility index (Phi) is 4.93. The number of hydrogen-bond donors (Lipinski definition) is 1. The first kappa shape index (κ1) is 15.9. The number of nitrogens with zero attached hydrogens (tertiary/aromatic N) is 1. The van der Waals surface area contributed by atoms with Crippen LogP contribution in [0.3, 0.4) is 0 Å². The monoisotopic (exact) mass is 281 g/mol. The second-order valence-electron chi connectivity index (χ2n) is 5.95. The lowest BCUT2D eigenvalue weighted by Crippen LogP contribution is -2.26. The Bertz CT molecular complexity index is 476. The summed E-state index contributed by atoms with van der Waals surface area (Å²) in [5, 5.41) is 9.83. The van der Waals surface area contributed by atoms with Crippen LogP contribution in [0.15, 0.2) is 12.1 Å². The van der Waals surface area contributed by atoms with Crippen molar-refractivity contribution in [2.24, 2.45) is 0 Å². The molecular formula is C15H23NO2S. The van der Waals surface area contributed by atoms with Crippen molar-refractivity contribution in [3.05, 3.63) is 28.8 Å². The van der Waals surface area contributed by atoms with E-state index >= 15 is 0 Å². The van der Waals surface area contributed by atoms with E-state index in [1.165, 1.54) is 0 Å². The van der Waals surface area contributed by atoms with Crippen molar-refractivity contribution in [2.45, 2.75) is 39.7 Å². The number of thiocarbonyl (C=S) groups is 1. The molecule has 0 atom stereocenters. The molecule has 0 saturated carbocycles. The molecule has 0 radical (unpaired) electrons. The van der Waals surface area contributed by atoms with Crippen molar-refractivity contribution in [3.63, 3.8) is 0 Å². The molecule has 1 rings (SSSR count). The third-order valence-electron chi connectivity index (χ3n) is 2.98. The maximum Gasteiger partial charge on any atom is 0.264 e. The fraction of sp³-hybridized carbons (Fsp3) is 0.533. The summed E-state index contributed by atoms with van der Waals surface area (Å²) in [5.74, 6) is 0.765. The number of aliphatic hydroxyl groups excluding tert-OH is 1. The van der Waals surface area contributed by atoms with E-state index in [0.29, 0.717) is 5.17 Å². The van der Waals surface area contributed by atoms with Crippen molar-refractivity contribution >= 4 is 17.4 Å². The maximum atomic E-state index is 9.39. The largest absolute Gasteiger partial charge is 0.431 e. The Morgan fingerprint density at radius 3 is 2.32 bits per heavy atom. The second-order valence-corrected chi connectivity index (χ2v) is 6.29. The summed E-state index contributed by atoms with van der Waals surface area (Å²) in [6.07, 6.45) is 0. The minimum Gasteiger partial charge on any atom is -0.431 e. The van der Waals surface area contributed by atoms with Gasteiger partial charge in [0.15, 0.2) is 0 Å². The lowest BCUT2D eigenvalue weighted by Gasteiger charge is -2.25. The quantitative estimate of drug-likeness (QED) is 0.845. The van der Waals surface area contributed by atoms with Crippen molar-refractivity contribution in [1.29, 1.82) is 0 Å². The summed E-state index contributed by atoms with van der Waals surface area (Å²) >= 11 is 5.20. The normalized spacial score (nSPS) is 11.3. The van der Waals surface area contributed by atoms with Crippen LogP contribution >= 0.6 is 12.2 Å². The molecule has 0 aliphatic carbocycles. The average molecular weight is 281 g/mol. The molecule has 0 saturated heterocycles. The molecule has 106 valence electrons. The van der Waals surface area contributed by atoms with Gasteiger partial charge in [0, 0.05) is 19.7 Å². The van der Waals surface area contributed by atoms with Crippen LogP contribution in [-0.4, -0.2) is 29.3 Å². The van der Waals surface area contributed by atoms with Crippen molar-refractivity contribution < 1.29 is 9.84 Å². The number of aryl methyl sites for hydroxylation is 1. The maximum absolute atomic E-state index is 9.39. The van der Waals surface area contributed by atoms with E-state index in [0.717, 1.165) is 22.4 Å². The van der Waals surface area contributed by atoms with Crippen LogP contribution in [0.1, 0.15) is 37.5 Å². The fourth-order valence-electron chi connectivity index (χ4n) is 1.75. The number of hydrogen-bond acceptors (Lipinski definition) is 3. The van der Waals surface area contributed by atoms with Crippen molar-refractivity contribution in [2.75, 3.05) is 14.1 Å². The molecule has 0 aromatic heterocycles. The van der Waals surface area contributed by atoms with Crippen LogP contribution in [0, 0.1) is 6.92 Å². The second kappa shape index (κ2) is 5.88. The predicted molar refractivity (Wildman–Crippen MR) is 82.7 cm³/mol. The first-order valence-electron chi connectivity index (χ1n) is 6.30. The highest BCUT2D eigenvalue weighted by molar-refractivity contribution is 7.80. The van der Waals surface area contributed by atoms with Gasteiger partial charge in [0.1, 0.15) is 5.75 Å². The molecule has 0 bridgehead atoms. The summed E-state index contributed by atoms with van der Waals surface area (Å²) < 4.78 is 5.79. The lowest BCUT2D eigenvalue weighted by atomic mass is 9.84. The van der Waals surface area contributed by atoms with Gasteiger partial charge in [-0.2, -0.15) is 0 Å².